The molecule has 0 aliphatic heterocycles. The van der Waals surface area contributed by atoms with Gasteiger partial charge in [-0.2, -0.15) is 5.10 Å². The van der Waals surface area contributed by atoms with E-state index >= 15 is 0 Å². The summed E-state index contributed by atoms with van der Waals surface area (Å²) in [5.41, 5.74) is 6.30. The van der Waals surface area contributed by atoms with Crippen LogP contribution >= 0.6 is 11.3 Å². The summed E-state index contributed by atoms with van der Waals surface area (Å²) in [7, 11) is 0. The van der Waals surface area contributed by atoms with Crippen molar-refractivity contribution in [2.45, 2.75) is 19.8 Å². The molecule has 0 radical (unpaired) electrons. The van der Waals surface area contributed by atoms with Crippen LogP contribution in [0, 0.1) is 0 Å². The molecule has 3 nitrogen and oxygen atoms in total. The lowest BCUT2D eigenvalue weighted by Crippen LogP contribution is -1.91. The first-order valence-corrected chi connectivity index (χ1v) is 6.57. The molecular formula is C13H13N3S. The van der Waals surface area contributed by atoms with Crippen molar-refractivity contribution < 1.29 is 0 Å². The Kier molecular flexibility index (Phi) is 2.44. The third kappa shape index (κ3) is 1.65. The fourth-order valence-corrected chi connectivity index (χ4v) is 2.56. The minimum absolute atomic E-state index is 0.395. The summed E-state index contributed by atoms with van der Waals surface area (Å²) in [6, 6.07) is 6.12. The largest absolute Gasteiger partial charge is 0.245 e. The molecule has 3 heterocycles. The van der Waals surface area contributed by atoms with Crippen LogP contribution in [0.15, 0.2) is 35.3 Å². The molecule has 0 bridgehead atoms. The summed E-state index contributed by atoms with van der Waals surface area (Å²) >= 11 is 1.62. The van der Waals surface area contributed by atoms with Gasteiger partial charge in [0.25, 0.3) is 0 Å². The van der Waals surface area contributed by atoms with Crippen LogP contribution in [0.25, 0.3) is 16.8 Å². The van der Waals surface area contributed by atoms with Gasteiger partial charge in [-0.15, -0.1) is 11.3 Å². The van der Waals surface area contributed by atoms with Crippen LogP contribution in [0.5, 0.6) is 0 Å². The van der Waals surface area contributed by atoms with E-state index in [4.69, 9.17) is 0 Å². The first kappa shape index (κ1) is 10.5. The van der Waals surface area contributed by atoms with Crippen molar-refractivity contribution in [3.8, 4) is 11.3 Å². The molecule has 4 heteroatoms. The van der Waals surface area contributed by atoms with Crippen LogP contribution in [0.4, 0.5) is 0 Å². The molecule has 3 aromatic rings. The van der Waals surface area contributed by atoms with Gasteiger partial charge in [0.05, 0.1) is 28.0 Å². The van der Waals surface area contributed by atoms with E-state index in [0.29, 0.717) is 5.92 Å². The fraction of sp³-hybridized carbons (Fsp3) is 0.231. The standard InChI is InChI=1S/C13H13N3S/c1-9(2)13-12(10-7-17-8-14-10)11-5-3-4-6-16(11)15-13/h3-9H,1-2H3. The van der Waals surface area contributed by atoms with Crippen LogP contribution < -0.4 is 0 Å². The van der Waals surface area contributed by atoms with Gasteiger partial charge in [-0.3, -0.25) is 0 Å². The number of hydrogen-bond donors (Lipinski definition) is 0. The number of hydrogen-bond acceptors (Lipinski definition) is 3. The Morgan fingerprint density at radius 3 is 2.88 bits per heavy atom. The zero-order chi connectivity index (χ0) is 11.8. The highest BCUT2D eigenvalue weighted by Gasteiger charge is 2.17. The average Bonchev–Trinajstić information content (AvgIpc) is 2.94. The molecule has 86 valence electrons. The van der Waals surface area contributed by atoms with E-state index in [1.54, 1.807) is 11.3 Å². The van der Waals surface area contributed by atoms with Crippen LogP contribution in [0.3, 0.4) is 0 Å². The van der Waals surface area contributed by atoms with Crippen LogP contribution in [0.2, 0.25) is 0 Å². The van der Waals surface area contributed by atoms with Gasteiger partial charge in [-0.05, 0) is 18.1 Å². The van der Waals surface area contributed by atoms with Gasteiger partial charge in [0.1, 0.15) is 0 Å². The molecule has 0 unspecified atom stereocenters. The molecule has 0 aromatic carbocycles. The Bertz CT molecular complexity index is 638. The van der Waals surface area contributed by atoms with Crippen molar-refractivity contribution in [2.75, 3.05) is 0 Å². The zero-order valence-corrected chi connectivity index (χ0v) is 10.6. The first-order valence-electron chi connectivity index (χ1n) is 5.63. The van der Waals surface area contributed by atoms with E-state index in [-0.39, 0.29) is 0 Å². The second-order valence-electron chi connectivity index (χ2n) is 4.32. The molecule has 0 saturated heterocycles. The number of pyridine rings is 1. The van der Waals surface area contributed by atoms with Crippen molar-refractivity contribution in [3.63, 3.8) is 0 Å². The SMILES string of the molecule is CC(C)c1nn2ccccc2c1-c1cscn1. The molecule has 0 amide bonds. The van der Waals surface area contributed by atoms with Gasteiger partial charge in [-0.25, -0.2) is 9.50 Å². The Labute approximate surface area is 104 Å². The lowest BCUT2D eigenvalue weighted by Gasteiger charge is -2.02. The van der Waals surface area contributed by atoms with E-state index < -0.39 is 0 Å². The lowest BCUT2D eigenvalue weighted by molar-refractivity contribution is 0.789. The van der Waals surface area contributed by atoms with Crippen molar-refractivity contribution >= 4 is 16.9 Å². The number of nitrogens with zero attached hydrogens (tertiary/aromatic N) is 3. The van der Waals surface area contributed by atoms with E-state index in [1.807, 2.05) is 28.4 Å². The van der Waals surface area contributed by atoms with Gasteiger partial charge in [0.2, 0.25) is 0 Å². The monoisotopic (exact) mass is 243 g/mol. The third-order valence-electron chi connectivity index (χ3n) is 2.80. The van der Waals surface area contributed by atoms with Crippen molar-refractivity contribution in [1.29, 1.82) is 0 Å². The Balaban J connectivity index is 2.36. The molecule has 0 N–H and O–H groups in total. The molecule has 0 aliphatic rings. The third-order valence-corrected chi connectivity index (χ3v) is 3.39. The fourth-order valence-electron chi connectivity index (χ4n) is 2.02. The number of rotatable bonds is 2. The van der Waals surface area contributed by atoms with Gasteiger partial charge in [0, 0.05) is 11.6 Å². The topological polar surface area (TPSA) is 30.2 Å². The maximum atomic E-state index is 4.65. The van der Waals surface area contributed by atoms with Gasteiger partial charge in [-0.1, -0.05) is 19.9 Å². The second-order valence-corrected chi connectivity index (χ2v) is 5.04. The van der Waals surface area contributed by atoms with Gasteiger partial charge in [0.15, 0.2) is 0 Å². The summed E-state index contributed by atoms with van der Waals surface area (Å²) in [6.07, 6.45) is 1.98. The molecule has 0 atom stereocenters. The van der Waals surface area contributed by atoms with Crippen LogP contribution in [-0.2, 0) is 0 Å². The lowest BCUT2D eigenvalue weighted by atomic mass is 10.0. The maximum absolute atomic E-state index is 4.65. The summed E-state index contributed by atoms with van der Waals surface area (Å²) < 4.78 is 1.93. The predicted octanol–water partition coefficient (Wildman–Crippen LogP) is 3.58. The number of thiazole rings is 1. The summed E-state index contributed by atoms with van der Waals surface area (Å²) in [5, 5.41) is 6.73. The van der Waals surface area contributed by atoms with E-state index in [1.165, 1.54) is 5.56 Å². The minimum Gasteiger partial charge on any atom is -0.245 e. The highest BCUT2D eigenvalue weighted by molar-refractivity contribution is 7.07. The predicted molar refractivity (Wildman–Crippen MR) is 70.4 cm³/mol. The molecule has 3 aromatic heterocycles. The second kappa shape index (κ2) is 3.96. The molecule has 0 fully saturated rings. The van der Waals surface area contributed by atoms with E-state index in [2.05, 4.69) is 35.4 Å². The number of aromatic nitrogens is 3. The smallest absolute Gasteiger partial charge is 0.0852 e. The summed E-state index contributed by atoms with van der Waals surface area (Å²) in [6.45, 7) is 4.33. The van der Waals surface area contributed by atoms with Crippen LogP contribution in [-0.4, -0.2) is 14.6 Å². The number of fused-ring (bicyclic) bond motifs is 1. The van der Waals surface area contributed by atoms with Crippen LogP contribution in [0.1, 0.15) is 25.5 Å². The molecule has 0 aliphatic carbocycles. The summed E-state index contributed by atoms with van der Waals surface area (Å²) in [5.74, 6) is 0.395. The minimum atomic E-state index is 0.395. The molecule has 0 spiro atoms. The van der Waals surface area contributed by atoms with E-state index in [9.17, 15) is 0 Å². The Hall–Kier alpha value is -1.68. The molecule has 3 rings (SSSR count). The quantitative estimate of drug-likeness (QED) is 0.688. The van der Waals surface area contributed by atoms with Gasteiger partial charge < -0.3 is 0 Å². The van der Waals surface area contributed by atoms with Gasteiger partial charge >= 0.3 is 0 Å². The average molecular weight is 243 g/mol. The molecular weight excluding hydrogens is 230 g/mol. The highest BCUT2D eigenvalue weighted by Crippen LogP contribution is 2.32. The van der Waals surface area contributed by atoms with E-state index in [0.717, 1.165) is 16.9 Å². The normalized spacial score (nSPS) is 11.5. The maximum Gasteiger partial charge on any atom is 0.0852 e. The highest BCUT2D eigenvalue weighted by atomic mass is 32.1. The van der Waals surface area contributed by atoms with Crippen molar-refractivity contribution in [2.24, 2.45) is 0 Å². The Morgan fingerprint density at radius 1 is 1.29 bits per heavy atom. The summed E-state index contributed by atoms with van der Waals surface area (Å²) in [4.78, 5) is 4.42. The molecule has 0 saturated carbocycles. The van der Waals surface area contributed by atoms with Crippen molar-refractivity contribution in [3.05, 3.63) is 41.0 Å². The molecule has 17 heavy (non-hydrogen) atoms. The Morgan fingerprint density at radius 2 is 2.18 bits per heavy atom. The van der Waals surface area contributed by atoms with Crippen molar-refractivity contribution in [1.82, 2.24) is 14.6 Å². The first-order chi connectivity index (χ1) is 8.27. The zero-order valence-electron chi connectivity index (χ0n) is 9.79.